The van der Waals surface area contributed by atoms with E-state index in [2.05, 4.69) is 16.6 Å². The molecule has 0 radical (unpaired) electrons. The molecule has 3 N–H and O–H groups in total. The van der Waals surface area contributed by atoms with Gasteiger partial charge in [-0.3, -0.25) is 4.72 Å². The molecule has 1 atom stereocenters. The van der Waals surface area contributed by atoms with Crippen molar-refractivity contribution in [2.75, 3.05) is 10.0 Å². The number of hydrogen-bond donors (Lipinski definition) is 3. The fraction of sp³-hybridized carbons (Fsp3) is 0.0870. The van der Waals surface area contributed by atoms with Gasteiger partial charge < -0.3 is 10.4 Å². The topological polar surface area (TPSA) is 95.5 Å². The van der Waals surface area contributed by atoms with E-state index in [0.29, 0.717) is 17.7 Å². The summed E-state index contributed by atoms with van der Waals surface area (Å²) in [4.78, 5) is 11.1. The fourth-order valence-electron chi connectivity index (χ4n) is 3.60. The maximum Gasteiger partial charge on any atom is 0.335 e. The van der Waals surface area contributed by atoms with Crippen LogP contribution in [0.15, 0.2) is 83.8 Å². The Morgan fingerprint density at radius 1 is 1.10 bits per heavy atom. The van der Waals surface area contributed by atoms with Gasteiger partial charge in [0.05, 0.1) is 22.2 Å². The van der Waals surface area contributed by atoms with Crippen molar-refractivity contribution in [2.24, 2.45) is 0 Å². The second-order valence-corrected chi connectivity index (χ2v) is 8.92. The summed E-state index contributed by atoms with van der Waals surface area (Å²) in [6.45, 7) is 4.12. The van der Waals surface area contributed by atoms with E-state index in [9.17, 15) is 22.7 Å². The second-order valence-electron chi connectivity index (χ2n) is 7.24. The Morgan fingerprint density at radius 2 is 1.87 bits per heavy atom. The highest BCUT2D eigenvalue weighted by molar-refractivity contribution is 7.92. The first kappa shape index (κ1) is 20.6. The predicted octanol–water partition coefficient (Wildman–Crippen LogP) is 4.59. The summed E-state index contributed by atoms with van der Waals surface area (Å²) >= 11 is 0. The maximum absolute atomic E-state index is 13.5. The second kappa shape index (κ2) is 7.88. The number of carbonyl (C=O) groups is 1. The predicted molar refractivity (Wildman–Crippen MR) is 116 cm³/mol. The molecule has 1 heterocycles. The SMILES string of the molecule is C=C1Cc2cc(C(=O)O)ccc2NC1c1ccccc1NS(=O)(=O)c1cccc(F)c1. The van der Waals surface area contributed by atoms with Crippen LogP contribution in [0.3, 0.4) is 0 Å². The minimum atomic E-state index is -4.00. The molecule has 6 nitrogen and oxygen atoms in total. The summed E-state index contributed by atoms with van der Waals surface area (Å²) in [5, 5.41) is 12.5. The van der Waals surface area contributed by atoms with Crippen molar-refractivity contribution in [1.29, 1.82) is 0 Å². The number of anilines is 2. The van der Waals surface area contributed by atoms with Crippen molar-refractivity contribution in [1.82, 2.24) is 0 Å². The van der Waals surface area contributed by atoms with E-state index in [-0.39, 0.29) is 10.5 Å². The largest absolute Gasteiger partial charge is 0.478 e. The van der Waals surface area contributed by atoms with Crippen LogP contribution < -0.4 is 10.0 Å². The number of nitrogens with one attached hydrogen (secondary N) is 2. The first-order valence-electron chi connectivity index (χ1n) is 9.42. The fourth-order valence-corrected chi connectivity index (χ4v) is 4.71. The highest BCUT2D eigenvalue weighted by Gasteiger charge is 2.26. The van der Waals surface area contributed by atoms with Gasteiger partial charge in [-0.1, -0.05) is 30.8 Å². The van der Waals surface area contributed by atoms with Crippen LogP contribution in [0.1, 0.15) is 27.5 Å². The van der Waals surface area contributed by atoms with E-state index in [1.54, 1.807) is 36.4 Å². The molecule has 3 aromatic rings. The molecule has 0 saturated carbocycles. The van der Waals surface area contributed by atoms with Crippen LogP contribution in [0.25, 0.3) is 0 Å². The van der Waals surface area contributed by atoms with Crippen molar-refractivity contribution in [3.8, 4) is 0 Å². The lowest BCUT2D eigenvalue weighted by molar-refractivity contribution is 0.0696. The van der Waals surface area contributed by atoms with Crippen LogP contribution in [0.5, 0.6) is 0 Å². The van der Waals surface area contributed by atoms with Gasteiger partial charge in [-0.05, 0) is 60.0 Å². The van der Waals surface area contributed by atoms with Crippen LogP contribution in [0, 0.1) is 5.82 Å². The number of fused-ring (bicyclic) bond motifs is 1. The van der Waals surface area contributed by atoms with Gasteiger partial charge in [-0.2, -0.15) is 0 Å². The molecule has 0 amide bonds. The van der Waals surface area contributed by atoms with Gasteiger partial charge in [0, 0.05) is 11.3 Å². The molecule has 0 spiro atoms. The van der Waals surface area contributed by atoms with Gasteiger partial charge in [0.15, 0.2) is 0 Å². The molecule has 4 rings (SSSR count). The molecule has 3 aromatic carbocycles. The molecule has 1 aliphatic heterocycles. The Kier molecular flexibility index (Phi) is 5.24. The first-order chi connectivity index (χ1) is 14.7. The Morgan fingerprint density at radius 3 is 2.61 bits per heavy atom. The number of halogens is 1. The standard InChI is InChI=1S/C23H19FN2O4S/c1-14-11-16-12-15(23(27)28)9-10-20(16)25-22(14)19-7-2-3-8-21(19)26-31(29,30)18-6-4-5-17(24)13-18/h2-10,12-13,22,25-26H,1,11H2,(H,27,28). The van der Waals surface area contributed by atoms with E-state index < -0.39 is 27.9 Å². The number of sulfonamides is 1. The monoisotopic (exact) mass is 438 g/mol. The minimum absolute atomic E-state index is 0.177. The van der Waals surface area contributed by atoms with Crippen LogP contribution in [-0.2, 0) is 16.4 Å². The molecule has 1 unspecified atom stereocenters. The van der Waals surface area contributed by atoms with Crippen LogP contribution in [0.4, 0.5) is 15.8 Å². The number of aromatic carboxylic acids is 1. The number of rotatable bonds is 5. The summed E-state index contributed by atoms with van der Waals surface area (Å²) in [6, 6.07) is 16.1. The third kappa shape index (κ3) is 4.15. The highest BCUT2D eigenvalue weighted by atomic mass is 32.2. The molecule has 31 heavy (non-hydrogen) atoms. The van der Waals surface area contributed by atoms with Gasteiger partial charge >= 0.3 is 5.97 Å². The van der Waals surface area contributed by atoms with E-state index >= 15 is 0 Å². The summed E-state index contributed by atoms with van der Waals surface area (Å²) in [6.07, 6.45) is 0.444. The number of hydrogen-bond acceptors (Lipinski definition) is 4. The third-order valence-electron chi connectivity index (χ3n) is 5.10. The average molecular weight is 438 g/mol. The Bertz CT molecular complexity index is 1300. The van der Waals surface area contributed by atoms with Crippen molar-refractivity contribution in [2.45, 2.75) is 17.4 Å². The number of carboxylic acid groups (broad SMARTS) is 1. The van der Waals surface area contributed by atoms with Gasteiger partial charge in [-0.15, -0.1) is 0 Å². The van der Waals surface area contributed by atoms with Crippen LogP contribution in [-0.4, -0.2) is 19.5 Å². The van der Waals surface area contributed by atoms with E-state index in [0.717, 1.165) is 22.9 Å². The quantitative estimate of drug-likeness (QED) is 0.507. The number of carboxylic acids is 1. The lowest BCUT2D eigenvalue weighted by atomic mass is 9.88. The lowest BCUT2D eigenvalue weighted by Gasteiger charge is -2.31. The first-order valence-corrected chi connectivity index (χ1v) is 10.9. The highest BCUT2D eigenvalue weighted by Crippen LogP contribution is 2.39. The molecule has 0 aliphatic carbocycles. The maximum atomic E-state index is 13.5. The molecule has 158 valence electrons. The zero-order valence-electron chi connectivity index (χ0n) is 16.3. The molecular formula is C23H19FN2O4S. The molecule has 1 aliphatic rings. The van der Waals surface area contributed by atoms with Gasteiger partial charge in [0.1, 0.15) is 5.82 Å². The molecular weight excluding hydrogens is 419 g/mol. The van der Waals surface area contributed by atoms with Crippen LogP contribution in [0.2, 0.25) is 0 Å². The van der Waals surface area contributed by atoms with Gasteiger partial charge in [0.25, 0.3) is 10.0 Å². The molecule has 0 saturated heterocycles. The zero-order chi connectivity index (χ0) is 22.2. The zero-order valence-corrected chi connectivity index (χ0v) is 17.1. The Balaban J connectivity index is 1.67. The Labute approximate surface area is 179 Å². The van der Waals surface area contributed by atoms with E-state index in [1.807, 2.05) is 0 Å². The minimum Gasteiger partial charge on any atom is -0.478 e. The normalized spacial score (nSPS) is 15.6. The smallest absolute Gasteiger partial charge is 0.335 e. The van der Waals surface area contributed by atoms with Gasteiger partial charge in [-0.25, -0.2) is 17.6 Å². The summed E-state index contributed by atoms with van der Waals surface area (Å²) in [7, 11) is -4.00. The number of para-hydroxylation sites is 1. The Hall–Kier alpha value is -3.65. The molecule has 8 heteroatoms. The average Bonchev–Trinajstić information content (AvgIpc) is 2.73. The molecule has 0 fully saturated rings. The van der Waals surface area contributed by atoms with E-state index in [4.69, 9.17) is 0 Å². The van der Waals surface area contributed by atoms with Crippen LogP contribution >= 0.6 is 0 Å². The summed E-state index contributed by atoms with van der Waals surface area (Å²) < 4.78 is 41.7. The summed E-state index contributed by atoms with van der Waals surface area (Å²) in [5.41, 5.74) is 3.50. The molecule has 0 bridgehead atoms. The summed E-state index contributed by atoms with van der Waals surface area (Å²) in [5.74, 6) is -1.65. The third-order valence-corrected chi connectivity index (χ3v) is 6.46. The molecule has 0 aromatic heterocycles. The van der Waals surface area contributed by atoms with E-state index in [1.165, 1.54) is 24.3 Å². The van der Waals surface area contributed by atoms with Gasteiger partial charge in [0.2, 0.25) is 0 Å². The van der Waals surface area contributed by atoms with Crippen molar-refractivity contribution < 1.29 is 22.7 Å². The van der Waals surface area contributed by atoms with Crippen molar-refractivity contribution >= 4 is 27.4 Å². The van der Waals surface area contributed by atoms with Crippen molar-refractivity contribution in [3.63, 3.8) is 0 Å². The number of benzene rings is 3. The van der Waals surface area contributed by atoms with Crippen molar-refractivity contribution in [3.05, 3.63) is 101 Å². The lowest BCUT2D eigenvalue weighted by Crippen LogP contribution is -2.23.